The van der Waals surface area contributed by atoms with E-state index >= 15 is 0 Å². The van der Waals surface area contributed by atoms with E-state index in [0.717, 1.165) is 50.1 Å². The van der Waals surface area contributed by atoms with Gasteiger partial charge in [-0.1, -0.05) is 73.9 Å². The van der Waals surface area contributed by atoms with E-state index in [4.69, 9.17) is 114 Å². The van der Waals surface area contributed by atoms with Gasteiger partial charge in [-0.2, -0.15) is 0 Å². The van der Waals surface area contributed by atoms with Crippen LogP contribution in [0, 0.1) is 78.6 Å². The number of rotatable bonds is 45. The smallest absolute Gasteiger partial charge is 0.345 e. The SMILES string of the molecule is CCC(COC(=O)c1c(C)cc(C)cc1C)(COC(=O)c1c(C)cc(C)cc1C)COC(=O)c1c(C)cc(C)cc1C.CCC(COC(=O)c1c(OC)cc(OC)cc1OC)(COC(=O)c1c(OC)cc(OC)cc1OC)COC(=O)c1c(OC)cc(OC)cc1OC.CCC(COC(=O)c1ccc(OC)cc1OC)(COC(=O)c1ccc(OC)cc1OC)COC(=O)c1ccc(OC)cc1OC. The lowest BCUT2D eigenvalue weighted by Crippen LogP contribution is -2.39. The predicted octanol–water partition coefficient (Wildman–Crippen LogP) is 17.8. The molecule has 0 aliphatic heterocycles. The molecule has 9 rings (SSSR count). The molecule has 0 radical (unpaired) electrons. The second-order valence-electron chi connectivity index (χ2n) is 32.5. The van der Waals surface area contributed by atoms with E-state index in [2.05, 4.69) is 0 Å². The van der Waals surface area contributed by atoms with Crippen LogP contribution in [-0.2, 0) is 42.6 Å². The standard InChI is InChI=1S/C36H44O15.C36H44O6.C33H38O12/c1-11-36(18-49-33(37)30-24(43-5)12-21(40-2)13-25(30)44-6,19-50-34(38)31-26(45-7)14-22(41-3)15-27(31)46-8)20-51-35(39)32-28(47-9)16-23(42-4)17-29(32)48-10;1-11-36(18-40-33(37)30-24(5)12-21(2)13-25(30)6,19-41-34(38)31-26(7)14-22(3)15-27(31)8)20-42-35(39)32-28(9)16-23(4)17-29(32)10;1-8-33(18-43-30(34)24-12-9-21(37-2)15-27(24)40-5,19-44-31(35)25-13-10-22(38-3)16-28(25)41-6)20-45-32(36)26-14-11-23(39-4)17-29(26)42-7/h12-17H,11,18-20H2,1-10H3;12-17H,11,18-20H2,1-10H3;9-17H,8,18-20H2,1-7H3. The minimum absolute atomic E-state index is 0.0137. The molecule has 33 nitrogen and oxygen atoms in total. The molecule has 744 valence electrons. The number of ether oxygens (including phenoxy) is 24. The molecule has 9 aromatic rings. The molecular formula is C105H126O33. The third-order valence-corrected chi connectivity index (χ3v) is 23.1. The lowest BCUT2D eigenvalue weighted by molar-refractivity contribution is -0.0398. The number of esters is 9. The topological polar surface area (TPSA) is 375 Å². The van der Waals surface area contributed by atoms with Crippen LogP contribution in [-0.4, -0.2) is 220 Å². The number of aryl methyl sites for hydroxylation is 9. The summed E-state index contributed by atoms with van der Waals surface area (Å²) in [7, 11) is 21.4. The second-order valence-corrected chi connectivity index (χ2v) is 32.5. The first-order valence-electron chi connectivity index (χ1n) is 43.7. The third-order valence-electron chi connectivity index (χ3n) is 23.1. The number of carbonyl (C=O) groups is 9. The molecular weight excluding hydrogens is 1790 g/mol. The lowest BCUT2D eigenvalue weighted by Gasteiger charge is -2.31. The highest BCUT2D eigenvalue weighted by molar-refractivity contribution is 6.00. The van der Waals surface area contributed by atoms with E-state index in [9.17, 15) is 43.2 Å². The number of hydrogen-bond acceptors (Lipinski definition) is 33. The fourth-order valence-electron chi connectivity index (χ4n) is 15.0. The van der Waals surface area contributed by atoms with Gasteiger partial charge >= 0.3 is 53.7 Å². The van der Waals surface area contributed by atoms with Crippen molar-refractivity contribution < 1.29 is 157 Å². The maximum Gasteiger partial charge on any atom is 0.345 e. The lowest BCUT2D eigenvalue weighted by atomic mass is 9.87. The van der Waals surface area contributed by atoms with E-state index < -0.39 is 70.0 Å². The Morgan fingerprint density at radius 2 is 0.341 bits per heavy atom. The van der Waals surface area contributed by atoms with Crippen molar-refractivity contribution in [1.82, 2.24) is 0 Å². The Hall–Kier alpha value is -14.8. The highest BCUT2D eigenvalue weighted by Gasteiger charge is 2.41. The van der Waals surface area contributed by atoms with Gasteiger partial charge in [0.15, 0.2) is 0 Å². The summed E-state index contributed by atoms with van der Waals surface area (Å²) in [6, 6.07) is 34.7. The van der Waals surface area contributed by atoms with Gasteiger partial charge in [-0.3, -0.25) is 0 Å². The Balaban J connectivity index is 0.000000283. The maximum atomic E-state index is 13.6. The average Bonchev–Trinajstić information content (AvgIpc) is 0.798. The summed E-state index contributed by atoms with van der Waals surface area (Å²) in [5.74, 6) is -1.76. The van der Waals surface area contributed by atoms with Crippen molar-refractivity contribution in [1.29, 1.82) is 0 Å². The molecule has 0 spiro atoms. The first-order valence-corrected chi connectivity index (χ1v) is 43.7. The van der Waals surface area contributed by atoms with Crippen molar-refractivity contribution in [2.24, 2.45) is 16.2 Å². The van der Waals surface area contributed by atoms with Crippen LogP contribution in [0.1, 0.15) is 183 Å². The molecule has 0 saturated heterocycles. The first kappa shape index (κ1) is 110. The van der Waals surface area contributed by atoms with E-state index in [1.165, 1.54) is 161 Å². The number of hydrogen-bond donors (Lipinski definition) is 0. The highest BCUT2D eigenvalue weighted by Crippen LogP contribution is 2.42. The fraction of sp³-hybridized carbons (Fsp3) is 0.400. The molecule has 0 atom stereocenters. The Morgan fingerprint density at radius 1 is 0.188 bits per heavy atom. The molecule has 0 unspecified atom stereocenters. The van der Waals surface area contributed by atoms with Crippen molar-refractivity contribution in [3.63, 3.8) is 0 Å². The second kappa shape index (κ2) is 51.8. The Bertz CT molecular complexity index is 5100. The fourth-order valence-corrected chi connectivity index (χ4v) is 15.0. The first-order chi connectivity index (χ1) is 65.9. The maximum absolute atomic E-state index is 13.6. The summed E-state index contributed by atoms with van der Waals surface area (Å²) in [5, 5.41) is 0. The molecule has 0 aliphatic carbocycles. The molecule has 0 amide bonds. The van der Waals surface area contributed by atoms with Gasteiger partial charge in [0.2, 0.25) is 0 Å². The zero-order chi connectivity index (χ0) is 102. The molecule has 0 aromatic heterocycles. The molecule has 0 bridgehead atoms. The van der Waals surface area contributed by atoms with Crippen molar-refractivity contribution >= 4 is 53.7 Å². The van der Waals surface area contributed by atoms with Crippen LogP contribution in [0.4, 0.5) is 0 Å². The third kappa shape index (κ3) is 28.2. The minimum atomic E-state index is -1.28. The summed E-state index contributed by atoms with van der Waals surface area (Å²) in [5.41, 5.74) is 6.73. The summed E-state index contributed by atoms with van der Waals surface area (Å²) in [6.07, 6.45) is 0.927. The largest absolute Gasteiger partial charge is 0.497 e. The van der Waals surface area contributed by atoms with Gasteiger partial charge in [0.25, 0.3) is 0 Å². The van der Waals surface area contributed by atoms with E-state index in [-0.39, 0.29) is 151 Å². The predicted molar refractivity (Wildman–Crippen MR) is 510 cm³/mol. The van der Waals surface area contributed by atoms with Gasteiger partial charge in [-0.05, 0) is 151 Å². The van der Waals surface area contributed by atoms with Gasteiger partial charge in [-0.15, -0.1) is 0 Å². The van der Waals surface area contributed by atoms with Gasteiger partial charge in [-0.25, -0.2) is 43.2 Å². The van der Waals surface area contributed by atoms with Gasteiger partial charge in [0.1, 0.15) is 179 Å². The Kier molecular flexibility index (Phi) is 41.4. The quantitative estimate of drug-likeness (QED) is 0.0253. The van der Waals surface area contributed by atoms with E-state index in [1.807, 2.05) is 106 Å². The number of carbonyl (C=O) groups excluding carboxylic acids is 9. The van der Waals surface area contributed by atoms with Crippen LogP contribution in [0.15, 0.2) is 127 Å². The molecule has 9 aromatic carbocycles. The van der Waals surface area contributed by atoms with E-state index in [1.54, 1.807) is 50.2 Å². The van der Waals surface area contributed by atoms with Crippen molar-refractivity contribution in [3.05, 3.63) is 228 Å². The summed E-state index contributed by atoms with van der Waals surface area (Å²) < 4.78 is 132. The zero-order valence-corrected chi connectivity index (χ0v) is 83.6. The molecule has 0 fully saturated rings. The van der Waals surface area contributed by atoms with E-state index in [0.29, 0.717) is 64.0 Å². The van der Waals surface area contributed by atoms with Crippen LogP contribution in [0.2, 0.25) is 0 Å². The zero-order valence-electron chi connectivity index (χ0n) is 83.6. The van der Waals surface area contributed by atoms with Gasteiger partial charge in [0.05, 0.1) is 140 Å². The summed E-state index contributed by atoms with van der Waals surface area (Å²) in [6.45, 7) is 20.5. The Labute approximate surface area is 805 Å². The molecule has 0 heterocycles. The summed E-state index contributed by atoms with van der Waals surface area (Å²) >= 11 is 0. The summed E-state index contributed by atoms with van der Waals surface area (Å²) in [4.78, 5) is 120. The van der Waals surface area contributed by atoms with Gasteiger partial charge in [0, 0.05) is 54.6 Å². The van der Waals surface area contributed by atoms with Crippen molar-refractivity contribution in [3.8, 4) is 86.2 Å². The Morgan fingerprint density at radius 3 is 0.493 bits per heavy atom. The van der Waals surface area contributed by atoms with Crippen molar-refractivity contribution in [2.45, 2.75) is 102 Å². The van der Waals surface area contributed by atoms with Crippen molar-refractivity contribution in [2.75, 3.05) is 166 Å². The number of benzene rings is 9. The van der Waals surface area contributed by atoms with Crippen LogP contribution < -0.4 is 71.1 Å². The molecule has 33 heteroatoms. The van der Waals surface area contributed by atoms with Crippen LogP contribution in [0.3, 0.4) is 0 Å². The van der Waals surface area contributed by atoms with Gasteiger partial charge < -0.3 is 114 Å². The minimum Gasteiger partial charge on any atom is -0.497 e. The number of methoxy groups -OCH3 is 15. The van der Waals surface area contributed by atoms with Crippen LogP contribution in [0.5, 0.6) is 86.2 Å². The molecule has 138 heavy (non-hydrogen) atoms. The average molecular weight is 1920 g/mol. The molecule has 0 aliphatic rings. The molecule has 0 saturated carbocycles. The highest BCUT2D eigenvalue weighted by atomic mass is 16.6. The monoisotopic (exact) mass is 1910 g/mol. The van der Waals surface area contributed by atoms with Crippen LogP contribution >= 0.6 is 0 Å². The normalized spacial score (nSPS) is 10.9. The molecule has 0 N–H and O–H groups in total. The van der Waals surface area contributed by atoms with Crippen LogP contribution in [0.25, 0.3) is 0 Å².